The smallest absolute Gasteiger partial charge is 0.0936 e. The van der Waals surface area contributed by atoms with E-state index in [0.29, 0.717) is 0 Å². The molecule has 0 aliphatic carbocycles. The predicted molar refractivity (Wildman–Crippen MR) is 55.0 cm³/mol. The van der Waals surface area contributed by atoms with Crippen LogP contribution in [0.1, 0.15) is 33.1 Å². The van der Waals surface area contributed by atoms with Crippen molar-refractivity contribution >= 4 is 0 Å². The van der Waals surface area contributed by atoms with Gasteiger partial charge in [0.05, 0.1) is 5.82 Å². The summed E-state index contributed by atoms with van der Waals surface area (Å²) in [5.74, 6) is 1.05. The summed E-state index contributed by atoms with van der Waals surface area (Å²) in [5, 5.41) is 3.09. The minimum absolute atomic E-state index is 1.05. The fourth-order valence-corrected chi connectivity index (χ4v) is 1.16. The first-order valence-electron chi connectivity index (χ1n) is 4.87. The van der Waals surface area contributed by atoms with E-state index in [1.807, 2.05) is 7.05 Å². The third kappa shape index (κ3) is 4.27. The van der Waals surface area contributed by atoms with Crippen molar-refractivity contribution in [2.45, 2.75) is 33.1 Å². The van der Waals surface area contributed by atoms with Gasteiger partial charge in [-0.25, -0.2) is 0 Å². The summed E-state index contributed by atoms with van der Waals surface area (Å²) in [6.07, 6.45) is 3.68. The van der Waals surface area contributed by atoms with Gasteiger partial charge in [0.1, 0.15) is 0 Å². The number of hydrogen-bond donors (Lipinski definition) is 1. The SMILES string of the molecule is C=C(NC)N(CCC)CCCC. The molecule has 1 N–H and O–H groups in total. The Morgan fingerprint density at radius 1 is 1.25 bits per heavy atom. The van der Waals surface area contributed by atoms with Crippen molar-refractivity contribution in [1.29, 1.82) is 0 Å². The Morgan fingerprint density at radius 2 is 1.92 bits per heavy atom. The van der Waals surface area contributed by atoms with Crippen LogP contribution in [0.2, 0.25) is 0 Å². The summed E-state index contributed by atoms with van der Waals surface area (Å²) in [4.78, 5) is 2.31. The van der Waals surface area contributed by atoms with Crippen LogP contribution in [-0.4, -0.2) is 25.0 Å². The van der Waals surface area contributed by atoms with Gasteiger partial charge >= 0.3 is 0 Å². The zero-order valence-corrected chi connectivity index (χ0v) is 8.69. The lowest BCUT2D eigenvalue weighted by molar-refractivity contribution is 0.321. The summed E-state index contributed by atoms with van der Waals surface area (Å²) in [7, 11) is 1.93. The standard InChI is InChI=1S/C10H22N2/c1-5-7-9-12(8-6-2)10(3)11-4/h11H,3,5-9H2,1-2,4H3. The number of nitrogens with zero attached hydrogens (tertiary/aromatic N) is 1. The Kier molecular flexibility index (Phi) is 6.63. The maximum absolute atomic E-state index is 3.96. The average Bonchev–Trinajstić information content (AvgIpc) is 2.11. The molecule has 72 valence electrons. The number of nitrogens with one attached hydrogen (secondary N) is 1. The molecule has 0 fully saturated rings. The second-order valence-corrected chi connectivity index (χ2v) is 3.04. The first-order valence-corrected chi connectivity index (χ1v) is 4.87. The van der Waals surface area contributed by atoms with Crippen molar-refractivity contribution < 1.29 is 0 Å². The molecule has 12 heavy (non-hydrogen) atoms. The lowest BCUT2D eigenvalue weighted by atomic mass is 10.3. The van der Waals surface area contributed by atoms with Crippen molar-refractivity contribution in [2.24, 2.45) is 0 Å². The number of hydrogen-bond acceptors (Lipinski definition) is 2. The predicted octanol–water partition coefficient (Wildman–Crippen LogP) is 2.19. The molecule has 0 saturated carbocycles. The lowest BCUT2D eigenvalue weighted by Crippen LogP contribution is -2.30. The maximum atomic E-state index is 3.96. The van der Waals surface area contributed by atoms with Crippen LogP contribution in [0.3, 0.4) is 0 Å². The average molecular weight is 170 g/mol. The van der Waals surface area contributed by atoms with E-state index in [2.05, 4.69) is 30.6 Å². The molecule has 0 aliphatic heterocycles. The molecule has 0 aliphatic rings. The highest BCUT2D eigenvalue weighted by Crippen LogP contribution is 2.01. The van der Waals surface area contributed by atoms with E-state index in [1.165, 1.54) is 19.3 Å². The van der Waals surface area contributed by atoms with Gasteiger partial charge in [0, 0.05) is 20.1 Å². The monoisotopic (exact) mass is 170 g/mol. The number of unbranched alkanes of at least 4 members (excludes halogenated alkanes) is 1. The summed E-state index contributed by atoms with van der Waals surface area (Å²) in [6.45, 7) is 10.6. The van der Waals surface area contributed by atoms with Crippen molar-refractivity contribution in [3.05, 3.63) is 12.4 Å². The molecule has 0 atom stereocenters. The summed E-state index contributed by atoms with van der Waals surface area (Å²) >= 11 is 0. The van der Waals surface area contributed by atoms with E-state index in [0.717, 1.165) is 18.9 Å². The van der Waals surface area contributed by atoms with Gasteiger partial charge in [0.2, 0.25) is 0 Å². The van der Waals surface area contributed by atoms with Gasteiger partial charge in [-0.05, 0) is 12.8 Å². The molecule has 0 bridgehead atoms. The summed E-state index contributed by atoms with van der Waals surface area (Å²) in [5.41, 5.74) is 0. The van der Waals surface area contributed by atoms with Crippen molar-refractivity contribution in [3.63, 3.8) is 0 Å². The van der Waals surface area contributed by atoms with Gasteiger partial charge in [-0.1, -0.05) is 26.8 Å². The van der Waals surface area contributed by atoms with Crippen LogP contribution in [0.4, 0.5) is 0 Å². The second kappa shape index (κ2) is 7.01. The zero-order chi connectivity index (χ0) is 9.40. The van der Waals surface area contributed by atoms with E-state index in [9.17, 15) is 0 Å². The number of rotatable bonds is 7. The molecule has 0 aromatic heterocycles. The first kappa shape index (κ1) is 11.3. The van der Waals surface area contributed by atoms with Crippen LogP contribution in [0.25, 0.3) is 0 Å². The highest BCUT2D eigenvalue weighted by Gasteiger charge is 2.02. The molecule has 0 aromatic carbocycles. The highest BCUT2D eigenvalue weighted by molar-refractivity contribution is 4.89. The molecular formula is C10H22N2. The van der Waals surface area contributed by atoms with Crippen LogP contribution in [0, 0.1) is 0 Å². The van der Waals surface area contributed by atoms with E-state index < -0.39 is 0 Å². The van der Waals surface area contributed by atoms with E-state index in [-0.39, 0.29) is 0 Å². The van der Waals surface area contributed by atoms with Gasteiger partial charge in [-0.15, -0.1) is 0 Å². The van der Waals surface area contributed by atoms with Crippen LogP contribution in [0.15, 0.2) is 12.4 Å². The topological polar surface area (TPSA) is 15.3 Å². The second-order valence-electron chi connectivity index (χ2n) is 3.04. The van der Waals surface area contributed by atoms with E-state index in [4.69, 9.17) is 0 Å². The fraction of sp³-hybridized carbons (Fsp3) is 0.800. The van der Waals surface area contributed by atoms with Gasteiger partial charge < -0.3 is 10.2 Å². The molecule has 0 amide bonds. The summed E-state index contributed by atoms with van der Waals surface area (Å²) in [6, 6.07) is 0. The normalized spacial score (nSPS) is 9.58. The Morgan fingerprint density at radius 3 is 2.33 bits per heavy atom. The Labute approximate surface area is 76.6 Å². The van der Waals surface area contributed by atoms with Gasteiger partial charge in [0.25, 0.3) is 0 Å². The highest BCUT2D eigenvalue weighted by atomic mass is 15.2. The van der Waals surface area contributed by atoms with E-state index >= 15 is 0 Å². The lowest BCUT2D eigenvalue weighted by Gasteiger charge is -2.25. The molecule has 0 unspecified atom stereocenters. The zero-order valence-electron chi connectivity index (χ0n) is 8.69. The largest absolute Gasteiger partial charge is 0.375 e. The molecule has 0 aromatic rings. The van der Waals surface area contributed by atoms with Crippen molar-refractivity contribution in [1.82, 2.24) is 10.2 Å². The Bertz CT molecular complexity index is 121. The third-order valence-corrected chi connectivity index (χ3v) is 1.95. The molecule has 0 rings (SSSR count). The van der Waals surface area contributed by atoms with Gasteiger partial charge in [-0.2, -0.15) is 0 Å². The van der Waals surface area contributed by atoms with Crippen LogP contribution in [-0.2, 0) is 0 Å². The van der Waals surface area contributed by atoms with Crippen LogP contribution in [0.5, 0.6) is 0 Å². The molecule has 0 radical (unpaired) electrons. The molecule has 0 heterocycles. The maximum Gasteiger partial charge on any atom is 0.0936 e. The molecular weight excluding hydrogens is 148 g/mol. The minimum atomic E-state index is 1.05. The molecule has 0 spiro atoms. The van der Waals surface area contributed by atoms with E-state index in [1.54, 1.807) is 0 Å². The first-order chi connectivity index (χ1) is 5.76. The van der Waals surface area contributed by atoms with Crippen molar-refractivity contribution in [2.75, 3.05) is 20.1 Å². The Balaban J connectivity index is 3.76. The van der Waals surface area contributed by atoms with Gasteiger partial charge in [-0.3, -0.25) is 0 Å². The summed E-state index contributed by atoms with van der Waals surface area (Å²) < 4.78 is 0. The van der Waals surface area contributed by atoms with Gasteiger partial charge in [0.15, 0.2) is 0 Å². The van der Waals surface area contributed by atoms with Crippen molar-refractivity contribution in [3.8, 4) is 0 Å². The van der Waals surface area contributed by atoms with Crippen LogP contribution >= 0.6 is 0 Å². The third-order valence-electron chi connectivity index (χ3n) is 1.95. The molecule has 2 heteroatoms. The Hall–Kier alpha value is -0.660. The fourth-order valence-electron chi connectivity index (χ4n) is 1.16. The van der Waals surface area contributed by atoms with Crippen LogP contribution < -0.4 is 5.32 Å². The minimum Gasteiger partial charge on any atom is -0.375 e. The quantitative estimate of drug-likeness (QED) is 0.630. The molecule has 2 nitrogen and oxygen atoms in total. The molecule has 0 saturated heterocycles.